The van der Waals surface area contributed by atoms with Gasteiger partial charge in [0.1, 0.15) is 0 Å². The molecule has 0 rings (SSSR count). The number of hydrogen-bond acceptors (Lipinski definition) is 2. The number of nitrogens with two attached hydrogens (primary N) is 1. The Labute approximate surface area is 89.6 Å². The Morgan fingerprint density at radius 3 is 2.29 bits per heavy atom. The first-order chi connectivity index (χ1) is 6.77. The van der Waals surface area contributed by atoms with Gasteiger partial charge in [0.25, 0.3) is 0 Å². The van der Waals surface area contributed by atoms with Gasteiger partial charge in [-0.1, -0.05) is 39.0 Å². The van der Waals surface area contributed by atoms with Crippen molar-refractivity contribution in [2.24, 2.45) is 5.73 Å². The molecule has 0 aliphatic heterocycles. The van der Waals surface area contributed by atoms with E-state index in [1.54, 1.807) is 0 Å². The average molecular weight is 200 g/mol. The van der Waals surface area contributed by atoms with Gasteiger partial charge in [-0.2, -0.15) is 0 Å². The summed E-state index contributed by atoms with van der Waals surface area (Å²) in [4.78, 5) is 0. The molecule has 0 aliphatic carbocycles. The summed E-state index contributed by atoms with van der Waals surface area (Å²) in [5.41, 5.74) is 5.65. The first kappa shape index (κ1) is 13.9. The molecule has 2 nitrogen and oxygen atoms in total. The lowest BCUT2D eigenvalue weighted by molar-refractivity contribution is 0.547. The minimum Gasteiger partial charge on any atom is -0.328 e. The molecule has 0 aromatic carbocycles. The van der Waals surface area contributed by atoms with Crippen LogP contribution in [0.25, 0.3) is 0 Å². The van der Waals surface area contributed by atoms with Crippen molar-refractivity contribution >= 4 is 0 Å². The van der Waals surface area contributed by atoms with Crippen LogP contribution in [0.4, 0.5) is 0 Å². The predicted octanol–water partition coefficient (Wildman–Crippen LogP) is 2.67. The van der Waals surface area contributed by atoms with Gasteiger partial charge in [-0.15, -0.1) is 0 Å². The summed E-state index contributed by atoms with van der Waals surface area (Å²) in [6, 6.07) is 0.340. The van der Waals surface area contributed by atoms with Crippen molar-refractivity contribution in [1.82, 2.24) is 5.32 Å². The maximum atomic E-state index is 5.65. The van der Waals surface area contributed by atoms with Gasteiger partial charge in [0.05, 0.1) is 0 Å². The second-order valence-electron chi connectivity index (χ2n) is 4.28. The molecule has 86 valence electrons. The third kappa shape index (κ3) is 11.9. The summed E-state index contributed by atoms with van der Waals surface area (Å²) >= 11 is 0. The lowest BCUT2D eigenvalue weighted by atomic mass is 10.1. The molecule has 0 spiro atoms. The molecule has 0 amide bonds. The summed E-state index contributed by atoms with van der Waals surface area (Å²) in [7, 11) is 0. The summed E-state index contributed by atoms with van der Waals surface area (Å²) in [6.45, 7) is 6.56. The number of hydrogen-bond donors (Lipinski definition) is 2. The highest BCUT2D eigenvalue weighted by molar-refractivity contribution is 4.56. The van der Waals surface area contributed by atoms with Gasteiger partial charge in [0.15, 0.2) is 0 Å². The molecule has 3 N–H and O–H groups in total. The molecule has 0 bridgehead atoms. The predicted molar refractivity (Wildman–Crippen MR) is 64.5 cm³/mol. The van der Waals surface area contributed by atoms with Crippen molar-refractivity contribution in [1.29, 1.82) is 0 Å². The normalized spacial score (nSPS) is 13.1. The lowest BCUT2D eigenvalue weighted by Gasteiger charge is -2.06. The van der Waals surface area contributed by atoms with Crippen LogP contribution in [0.5, 0.6) is 0 Å². The standard InChI is InChI=1S/C12H28N2/c1-3-4-5-6-7-8-10-14-11-9-12(2)13/h12,14H,3-11,13H2,1-2H3. The number of rotatable bonds is 10. The van der Waals surface area contributed by atoms with Crippen LogP contribution in [0.3, 0.4) is 0 Å². The summed E-state index contributed by atoms with van der Waals surface area (Å²) < 4.78 is 0. The van der Waals surface area contributed by atoms with Gasteiger partial charge in [-0.05, 0) is 32.9 Å². The van der Waals surface area contributed by atoms with Crippen LogP contribution in [-0.2, 0) is 0 Å². The number of unbranched alkanes of at least 4 members (excludes halogenated alkanes) is 5. The van der Waals surface area contributed by atoms with E-state index in [1.807, 2.05) is 0 Å². The fourth-order valence-corrected chi connectivity index (χ4v) is 1.49. The highest BCUT2D eigenvalue weighted by Crippen LogP contribution is 2.03. The molecule has 0 heterocycles. The minimum absolute atomic E-state index is 0.340. The third-order valence-corrected chi connectivity index (χ3v) is 2.48. The highest BCUT2D eigenvalue weighted by atomic mass is 14.8. The topological polar surface area (TPSA) is 38.0 Å². The van der Waals surface area contributed by atoms with Crippen molar-refractivity contribution in [2.45, 2.75) is 64.8 Å². The van der Waals surface area contributed by atoms with Crippen LogP contribution < -0.4 is 11.1 Å². The average Bonchev–Trinajstić information content (AvgIpc) is 2.15. The monoisotopic (exact) mass is 200 g/mol. The highest BCUT2D eigenvalue weighted by Gasteiger charge is 1.93. The smallest absolute Gasteiger partial charge is 0.00225 e. The molecule has 14 heavy (non-hydrogen) atoms. The minimum atomic E-state index is 0.340. The summed E-state index contributed by atoms with van der Waals surface area (Å²) in [5.74, 6) is 0. The Balaban J connectivity index is 2.85. The molecule has 1 atom stereocenters. The first-order valence-electron chi connectivity index (χ1n) is 6.23. The number of nitrogens with one attached hydrogen (secondary N) is 1. The van der Waals surface area contributed by atoms with E-state index in [-0.39, 0.29) is 0 Å². The Morgan fingerprint density at radius 1 is 1.00 bits per heavy atom. The third-order valence-electron chi connectivity index (χ3n) is 2.48. The van der Waals surface area contributed by atoms with E-state index in [9.17, 15) is 0 Å². The summed E-state index contributed by atoms with van der Waals surface area (Å²) in [6.07, 6.45) is 9.35. The van der Waals surface area contributed by atoms with Crippen LogP contribution >= 0.6 is 0 Å². The second-order valence-corrected chi connectivity index (χ2v) is 4.28. The van der Waals surface area contributed by atoms with E-state index in [1.165, 1.54) is 45.1 Å². The molecule has 1 unspecified atom stereocenters. The van der Waals surface area contributed by atoms with Crippen molar-refractivity contribution in [3.8, 4) is 0 Å². The van der Waals surface area contributed by atoms with Gasteiger partial charge in [-0.25, -0.2) is 0 Å². The molecule has 2 heteroatoms. The molecular weight excluding hydrogens is 172 g/mol. The zero-order valence-electron chi connectivity index (χ0n) is 10.0. The fourth-order valence-electron chi connectivity index (χ4n) is 1.49. The summed E-state index contributed by atoms with van der Waals surface area (Å²) in [5, 5.41) is 3.43. The SMILES string of the molecule is CCCCCCCCNCCC(C)N. The molecule has 0 aliphatic rings. The van der Waals surface area contributed by atoms with Gasteiger partial charge in [0, 0.05) is 6.04 Å². The zero-order chi connectivity index (χ0) is 10.6. The van der Waals surface area contributed by atoms with E-state index in [0.717, 1.165) is 13.0 Å². The molecule has 0 aromatic rings. The Kier molecular flexibility index (Phi) is 10.9. The molecule has 0 fully saturated rings. The van der Waals surface area contributed by atoms with E-state index in [4.69, 9.17) is 5.73 Å². The van der Waals surface area contributed by atoms with Crippen LogP contribution in [0, 0.1) is 0 Å². The molecule has 0 aromatic heterocycles. The van der Waals surface area contributed by atoms with Crippen molar-refractivity contribution in [2.75, 3.05) is 13.1 Å². The van der Waals surface area contributed by atoms with E-state index in [0.29, 0.717) is 6.04 Å². The van der Waals surface area contributed by atoms with Gasteiger partial charge >= 0.3 is 0 Å². The first-order valence-corrected chi connectivity index (χ1v) is 6.23. The molecule has 0 saturated heterocycles. The van der Waals surface area contributed by atoms with Crippen LogP contribution in [-0.4, -0.2) is 19.1 Å². The maximum absolute atomic E-state index is 5.65. The van der Waals surface area contributed by atoms with Crippen molar-refractivity contribution in [3.63, 3.8) is 0 Å². The van der Waals surface area contributed by atoms with Crippen LogP contribution in [0.15, 0.2) is 0 Å². The van der Waals surface area contributed by atoms with E-state index < -0.39 is 0 Å². The lowest BCUT2D eigenvalue weighted by Crippen LogP contribution is -2.24. The van der Waals surface area contributed by atoms with Gasteiger partial charge < -0.3 is 11.1 Å². The largest absolute Gasteiger partial charge is 0.328 e. The molecular formula is C12H28N2. The zero-order valence-corrected chi connectivity index (χ0v) is 10.0. The fraction of sp³-hybridized carbons (Fsp3) is 1.00. The molecule has 0 radical (unpaired) electrons. The Bertz CT molecular complexity index is 102. The van der Waals surface area contributed by atoms with Gasteiger partial charge in [-0.3, -0.25) is 0 Å². The van der Waals surface area contributed by atoms with Crippen LogP contribution in [0.2, 0.25) is 0 Å². The quantitative estimate of drug-likeness (QED) is 0.532. The maximum Gasteiger partial charge on any atom is 0.00225 e. The Hall–Kier alpha value is -0.0800. The van der Waals surface area contributed by atoms with Crippen molar-refractivity contribution in [3.05, 3.63) is 0 Å². The van der Waals surface area contributed by atoms with E-state index >= 15 is 0 Å². The van der Waals surface area contributed by atoms with Crippen molar-refractivity contribution < 1.29 is 0 Å². The van der Waals surface area contributed by atoms with Crippen LogP contribution in [0.1, 0.15) is 58.8 Å². The second kappa shape index (κ2) is 11.0. The Morgan fingerprint density at radius 2 is 1.64 bits per heavy atom. The molecule has 0 saturated carbocycles. The van der Waals surface area contributed by atoms with Gasteiger partial charge in [0.2, 0.25) is 0 Å². The van der Waals surface area contributed by atoms with E-state index in [2.05, 4.69) is 19.2 Å².